The van der Waals surface area contributed by atoms with Crippen molar-refractivity contribution in [1.29, 1.82) is 0 Å². The van der Waals surface area contributed by atoms with Crippen molar-refractivity contribution in [2.45, 2.75) is 19.8 Å². The van der Waals surface area contributed by atoms with Crippen molar-refractivity contribution in [3.8, 4) is 0 Å². The highest BCUT2D eigenvalue weighted by Gasteiger charge is 2.31. The van der Waals surface area contributed by atoms with Crippen LogP contribution >= 0.6 is 0 Å². The van der Waals surface area contributed by atoms with E-state index >= 15 is 0 Å². The maximum atomic E-state index is 8.74. The lowest BCUT2D eigenvalue weighted by Gasteiger charge is -2.27. The first-order valence-corrected chi connectivity index (χ1v) is 4.93. The zero-order valence-electron chi connectivity index (χ0n) is 9.12. The molecule has 0 aromatic rings. The molecule has 13 heavy (non-hydrogen) atoms. The summed E-state index contributed by atoms with van der Waals surface area (Å²) in [6, 6.07) is 0. The van der Waals surface area contributed by atoms with Crippen molar-refractivity contribution in [2.24, 2.45) is 17.0 Å². The highest BCUT2D eigenvalue weighted by atomic mass is 16.4. The number of nitrogens with zero attached hydrogens (tertiary/aromatic N) is 2. The topological polar surface area (TPSA) is 32.6 Å². The molecule has 76 valence electrons. The monoisotopic (exact) mass is 185 g/mol. The first-order valence-electron chi connectivity index (χ1n) is 4.93. The Labute approximate surface area is 80.6 Å². The van der Waals surface area contributed by atoms with Gasteiger partial charge in [-0.25, -0.2) is 0 Å². The molecular weight excluding hydrogens is 164 g/mol. The molecule has 0 aromatic carbocycles. The van der Waals surface area contributed by atoms with Gasteiger partial charge in [0.2, 0.25) is 0 Å². The standard InChI is InChI=1S/C10H20N2O/c1-8-5-9(6-10(8)11-13)7-12(2,3)4/h8-9H,5-7H2,1-4H3/p+1/b11-10-/t8-,9+/m1/s1. The summed E-state index contributed by atoms with van der Waals surface area (Å²) >= 11 is 0. The largest absolute Gasteiger partial charge is 0.411 e. The Morgan fingerprint density at radius 2 is 2.08 bits per heavy atom. The van der Waals surface area contributed by atoms with E-state index < -0.39 is 0 Å². The molecule has 0 radical (unpaired) electrons. The van der Waals surface area contributed by atoms with Crippen LogP contribution in [-0.4, -0.2) is 43.1 Å². The van der Waals surface area contributed by atoms with Crippen LogP contribution in [0.4, 0.5) is 0 Å². The maximum absolute atomic E-state index is 8.74. The second-order valence-electron chi connectivity index (χ2n) is 5.27. The summed E-state index contributed by atoms with van der Waals surface area (Å²) in [5.74, 6) is 1.17. The number of quaternary nitrogens is 1. The van der Waals surface area contributed by atoms with Crippen LogP contribution in [0.5, 0.6) is 0 Å². The van der Waals surface area contributed by atoms with Crippen molar-refractivity contribution < 1.29 is 9.69 Å². The molecule has 2 atom stereocenters. The van der Waals surface area contributed by atoms with Gasteiger partial charge in [-0.3, -0.25) is 0 Å². The van der Waals surface area contributed by atoms with E-state index in [0.717, 1.165) is 16.6 Å². The molecule has 3 nitrogen and oxygen atoms in total. The van der Waals surface area contributed by atoms with Gasteiger partial charge in [-0.2, -0.15) is 0 Å². The van der Waals surface area contributed by atoms with Gasteiger partial charge in [-0.1, -0.05) is 12.1 Å². The van der Waals surface area contributed by atoms with E-state index in [9.17, 15) is 0 Å². The SMILES string of the molecule is C[C@@H]1C[C@H](C[N+](C)(C)C)C/C1=N/O. The average molecular weight is 185 g/mol. The van der Waals surface area contributed by atoms with Crippen LogP contribution in [0.2, 0.25) is 0 Å². The summed E-state index contributed by atoms with van der Waals surface area (Å²) in [7, 11) is 6.62. The first-order chi connectivity index (χ1) is 5.92. The van der Waals surface area contributed by atoms with Crippen molar-refractivity contribution >= 4 is 5.71 Å². The summed E-state index contributed by atoms with van der Waals surface area (Å²) in [5, 5.41) is 12.1. The van der Waals surface area contributed by atoms with Crippen LogP contribution in [0.25, 0.3) is 0 Å². The van der Waals surface area contributed by atoms with Gasteiger partial charge >= 0.3 is 0 Å². The first kappa shape index (κ1) is 10.5. The molecule has 0 heterocycles. The molecule has 1 aliphatic rings. The molecule has 1 aliphatic carbocycles. The van der Waals surface area contributed by atoms with E-state index in [0.29, 0.717) is 11.8 Å². The van der Waals surface area contributed by atoms with Gasteiger partial charge < -0.3 is 9.69 Å². The predicted molar refractivity (Wildman–Crippen MR) is 54.0 cm³/mol. The summed E-state index contributed by atoms with van der Waals surface area (Å²) in [5.41, 5.74) is 0.985. The molecule has 0 aliphatic heterocycles. The molecular formula is C10H21N2O+. The molecule has 0 aromatic heterocycles. The van der Waals surface area contributed by atoms with Gasteiger partial charge in [0.1, 0.15) is 0 Å². The number of hydrogen-bond donors (Lipinski definition) is 1. The molecule has 0 spiro atoms. The van der Waals surface area contributed by atoms with Crippen LogP contribution in [-0.2, 0) is 0 Å². The second kappa shape index (κ2) is 3.66. The molecule has 0 saturated heterocycles. The van der Waals surface area contributed by atoms with Crippen LogP contribution in [0.1, 0.15) is 19.8 Å². The normalized spacial score (nSPS) is 32.8. The molecule has 1 saturated carbocycles. The number of oxime groups is 1. The zero-order chi connectivity index (χ0) is 10.1. The minimum absolute atomic E-state index is 0.474. The van der Waals surface area contributed by atoms with Crippen LogP contribution in [0.15, 0.2) is 5.16 Å². The van der Waals surface area contributed by atoms with Crippen molar-refractivity contribution in [3.05, 3.63) is 0 Å². The van der Waals surface area contributed by atoms with Crippen LogP contribution < -0.4 is 0 Å². The Kier molecular flexibility index (Phi) is 2.96. The van der Waals surface area contributed by atoms with Crippen molar-refractivity contribution in [3.63, 3.8) is 0 Å². The summed E-state index contributed by atoms with van der Waals surface area (Å²) in [4.78, 5) is 0. The lowest BCUT2D eigenvalue weighted by atomic mass is 10.1. The van der Waals surface area contributed by atoms with Crippen LogP contribution in [0.3, 0.4) is 0 Å². The Morgan fingerprint density at radius 3 is 2.46 bits per heavy atom. The Morgan fingerprint density at radius 1 is 1.46 bits per heavy atom. The fourth-order valence-electron chi connectivity index (χ4n) is 2.27. The summed E-state index contributed by atoms with van der Waals surface area (Å²) in [6.07, 6.45) is 2.15. The maximum Gasteiger partial charge on any atom is 0.0812 e. The fraction of sp³-hybridized carbons (Fsp3) is 0.900. The quantitative estimate of drug-likeness (QED) is 0.395. The van der Waals surface area contributed by atoms with Crippen molar-refractivity contribution in [2.75, 3.05) is 27.7 Å². The Bertz CT molecular complexity index is 205. The minimum atomic E-state index is 0.474. The van der Waals surface area contributed by atoms with Gasteiger partial charge in [0.15, 0.2) is 0 Å². The molecule has 1 rings (SSSR count). The highest BCUT2D eigenvalue weighted by molar-refractivity contribution is 5.88. The molecule has 1 N–H and O–H groups in total. The third kappa shape index (κ3) is 2.99. The van der Waals surface area contributed by atoms with Gasteiger partial charge in [0, 0.05) is 5.92 Å². The lowest BCUT2D eigenvalue weighted by Crippen LogP contribution is -2.38. The third-order valence-corrected chi connectivity index (χ3v) is 2.69. The fourth-order valence-corrected chi connectivity index (χ4v) is 2.27. The number of hydrogen-bond acceptors (Lipinski definition) is 2. The molecule has 0 amide bonds. The summed E-state index contributed by atoms with van der Waals surface area (Å²) < 4.78 is 0.996. The highest BCUT2D eigenvalue weighted by Crippen LogP contribution is 2.29. The van der Waals surface area contributed by atoms with E-state index in [-0.39, 0.29) is 0 Å². The molecule has 1 fully saturated rings. The second-order valence-corrected chi connectivity index (χ2v) is 5.27. The van der Waals surface area contributed by atoms with Crippen molar-refractivity contribution in [1.82, 2.24) is 0 Å². The van der Waals surface area contributed by atoms with E-state index in [4.69, 9.17) is 5.21 Å². The van der Waals surface area contributed by atoms with E-state index in [1.54, 1.807) is 0 Å². The molecule has 0 unspecified atom stereocenters. The molecule has 3 heteroatoms. The zero-order valence-corrected chi connectivity index (χ0v) is 9.12. The van der Waals surface area contributed by atoms with E-state index in [1.807, 2.05) is 0 Å². The predicted octanol–water partition coefficient (Wildman–Crippen LogP) is 1.57. The summed E-state index contributed by atoms with van der Waals surface area (Å²) in [6.45, 7) is 3.31. The number of rotatable bonds is 2. The average Bonchev–Trinajstić information content (AvgIpc) is 2.26. The smallest absolute Gasteiger partial charge is 0.0812 e. The minimum Gasteiger partial charge on any atom is -0.411 e. The van der Waals surface area contributed by atoms with Gasteiger partial charge in [-0.15, -0.1) is 0 Å². The molecule has 0 bridgehead atoms. The van der Waals surface area contributed by atoms with Gasteiger partial charge in [0.05, 0.1) is 33.4 Å². The Balaban J connectivity index is 2.50. The third-order valence-electron chi connectivity index (χ3n) is 2.69. The van der Waals surface area contributed by atoms with Gasteiger partial charge in [0.25, 0.3) is 0 Å². The van der Waals surface area contributed by atoms with Crippen LogP contribution in [0, 0.1) is 11.8 Å². The van der Waals surface area contributed by atoms with Gasteiger partial charge in [-0.05, 0) is 18.8 Å². The lowest BCUT2D eigenvalue weighted by molar-refractivity contribution is -0.873. The van der Waals surface area contributed by atoms with E-state index in [1.165, 1.54) is 13.0 Å². The van der Waals surface area contributed by atoms with E-state index in [2.05, 4.69) is 33.2 Å². The Hall–Kier alpha value is -0.570.